The third kappa shape index (κ3) is 6.20. The Morgan fingerprint density at radius 3 is 1.97 bits per heavy atom. The van der Waals surface area contributed by atoms with Crippen LogP contribution >= 0.6 is 0 Å². The first-order chi connectivity index (χ1) is 17.9. The van der Waals surface area contributed by atoms with Gasteiger partial charge >= 0.3 is 12.3 Å². The second-order valence-electron chi connectivity index (χ2n) is 9.51. The van der Waals surface area contributed by atoms with Crippen molar-refractivity contribution in [2.45, 2.75) is 45.7 Å². The van der Waals surface area contributed by atoms with Gasteiger partial charge in [-0.25, -0.2) is 8.78 Å². The van der Waals surface area contributed by atoms with Gasteiger partial charge in [0.05, 0.1) is 17.5 Å². The smallest absolute Gasteiger partial charge is 0.462 e. The minimum absolute atomic E-state index is 0.00852. The SMILES string of the molecule is CC(C)[C@H](C)OC(=O)[C@H]1CC(c2c(F)cccc2F)=NC1c1ccc(-c2ccc(OC(F)(F)F)cc2)cc1. The van der Waals surface area contributed by atoms with Gasteiger partial charge in [-0.3, -0.25) is 9.79 Å². The molecule has 0 saturated carbocycles. The summed E-state index contributed by atoms with van der Waals surface area (Å²) in [5.74, 6) is -3.06. The molecule has 200 valence electrons. The van der Waals surface area contributed by atoms with Gasteiger partial charge in [0.25, 0.3) is 0 Å². The zero-order valence-corrected chi connectivity index (χ0v) is 20.9. The summed E-state index contributed by atoms with van der Waals surface area (Å²) in [6, 6.07) is 15.2. The van der Waals surface area contributed by atoms with Crippen LogP contribution in [0.4, 0.5) is 22.0 Å². The maximum atomic E-state index is 14.5. The molecule has 1 unspecified atom stereocenters. The van der Waals surface area contributed by atoms with Crippen molar-refractivity contribution in [1.82, 2.24) is 0 Å². The van der Waals surface area contributed by atoms with Gasteiger partial charge in [0.15, 0.2) is 0 Å². The number of nitrogens with zero attached hydrogens (tertiary/aromatic N) is 1. The minimum atomic E-state index is -4.78. The molecule has 0 N–H and O–H groups in total. The number of carbonyl (C=O) groups excluding carboxylic acids is 1. The highest BCUT2D eigenvalue weighted by Gasteiger charge is 2.39. The maximum Gasteiger partial charge on any atom is 0.573 e. The molecule has 0 aliphatic carbocycles. The van der Waals surface area contributed by atoms with E-state index in [0.29, 0.717) is 16.7 Å². The lowest BCUT2D eigenvalue weighted by molar-refractivity contribution is -0.274. The van der Waals surface area contributed by atoms with Gasteiger partial charge in [-0.15, -0.1) is 13.2 Å². The van der Waals surface area contributed by atoms with Gasteiger partial charge in [0.2, 0.25) is 0 Å². The molecule has 0 fully saturated rings. The van der Waals surface area contributed by atoms with Crippen LogP contribution in [0.5, 0.6) is 5.75 Å². The van der Waals surface area contributed by atoms with Crippen LogP contribution in [0.1, 0.15) is 44.4 Å². The predicted molar refractivity (Wildman–Crippen MR) is 133 cm³/mol. The number of halogens is 5. The van der Waals surface area contributed by atoms with Crippen molar-refractivity contribution in [3.8, 4) is 16.9 Å². The number of esters is 1. The average Bonchev–Trinajstić information content (AvgIpc) is 3.28. The van der Waals surface area contributed by atoms with Crippen LogP contribution in [0, 0.1) is 23.5 Å². The highest BCUT2D eigenvalue weighted by Crippen LogP contribution is 2.39. The molecule has 3 aromatic carbocycles. The summed E-state index contributed by atoms with van der Waals surface area (Å²) < 4.78 is 75.9. The third-order valence-corrected chi connectivity index (χ3v) is 6.56. The molecule has 0 spiro atoms. The van der Waals surface area contributed by atoms with Crippen molar-refractivity contribution in [1.29, 1.82) is 0 Å². The van der Waals surface area contributed by atoms with E-state index in [0.717, 1.165) is 12.1 Å². The van der Waals surface area contributed by atoms with Crippen LogP contribution < -0.4 is 4.74 Å². The number of ether oxygens (including phenoxy) is 2. The highest BCUT2D eigenvalue weighted by molar-refractivity contribution is 6.04. The van der Waals surface area contributed by atoms with Gasteiger partial charge in [-0.05, 0) is 53.8 Å². The van der Waals surface area contributed by atoms with Gasteiger partial charge in [-0.2, -0.15) is 0 Å². The monoisotopic (exact) mass is 531 g/mol. The summed E-state index contributed by atoms with van der Waals surface area (Å²) in [5, 5.41) is 0. The van der Waals surface area contributed by atoms with Crippen LogP contribution in [-0.2, 0) is 9.53 Å². The maximum absolute atomic E-state index is 14.5. The zero-order chi connectivity index (χ0) is 27.6. The fraction of sp³-hybridized carbons (Fsp3) is 0.310. The molecule has 4 rings (SSSR count). The number of hydrogen-bond donors (Lipinski definition) is 0. The summed E-state index contributed by atoms with van der Waals surface area (Å²) in [7, 11) is 0. The molecular weight excluding hydrogens is 505 g/mol. The molecule has 0 saturated heterocycles. The molecule has 0 aromatic heterocycles. The van der Waals surface area contributed by atoms with E-state index >= 15 is 0 Å². The van der Waals surface area contributed by atoms with Crippen LogP contribution in [0.2, 0.25) is 0 Å². The molecule has 4 nitrogen and oxygen atoms in total. The lowest BCUT2D eigenvalue weighted by atomic mass is 9.90. The Bertz CT molecular complexity index is 1300. The topological polar surface area (TPSA) is 47.9 Å². The fourth-order valence-electron chi connectivity index (χ4n) is 4.22. The number of alkyl halides is 3. The van der Waals surface area contributed by atoms with Gasteiger partial charge in [0, 0.05) is 12.1 Å². The van der Waals surface area contributed by atoms with E-state index < -0.39 is 35.9 Å². The Morgan fingerprint density at radius 2 is 1.45 bits per heavy atom. The molecule has 3 aromatic rings. The Balaban J connectivity index is 1.63. The van der Waals surface area contributed by atoms with Crippen LogP contribution in [0.15, 0.2) is 71.7 Å². The summed E-state index contributed by atoms with van der Waals surface area (Å²) >= 11 is 0. The summed E-state index contributed by atoms with van der Waals surface area (Å²) in [6.45, 7) is 5.62. The number of rotatable bonds is 7. The van der Waals surface area contributed by atoms with Crippen molar-refractivity contribution in [2.75, 3.05) is 0 Å². The van der Waals surface area contributed by atoms with Crippen molar-refractivity contribution in [3.63, 3.8) is 0 Å². The molecule has 38 heavy (non-hydrogen) atoms. The van der Waals surface area contributed by atoms with E-state index in [4.69, 9.17) is 4.74 Å². The van der Waals surface area contributed by atoms with Crippen molar-refractivity contribution < 1.29 is 36.2 Å². The predicted octanol–water partition coefficient (Wildman–Crippen LogP) is 7.67. The van der Waals surface area contributed by atoms with E-state index in [-0.39, 0.29) is 35.5 Å². The van der Waals surface area contributed by atoms with E-state index in [2.05, 4.69) is 9.73 Å². The molecule has 0 bridgehead atoms. The quantitative estimate of drug-likeness (QED) is 0.232. The van der Waals surface area contributed by atoms with E-state index in [9.17, 15) is 26.7 Å². The van der Waals surface area contributed by atoms with Crippen molar-refractivity contribution in [2.24, 2.45) is 16.8 Å². The average molecular weight is 532 g/mol. The van der Waals surface area contributed by atoms with E-state index in [1.54, 1.807) is 31.2 Å². The second kappa shape index (κ2) is 10.9. The fourth-order valence-corrected chi connectivity index (χ4v) is 4.22. The normalized spacial score (nSPS) is 18.3. The number of benzene rings is 3. The molecule has 1 aliphatic rings. The summed E-state index contributed by atoms with van der Waals surface area (Å²) in [4.78, 5) is 17.7. The number of aliphatic imine (C=N–C) groups is 1. The number of carbonyl (C=O) groups is 1. The van der Waals surface area contributed by atoms with Gasteiger partial charge in [-0.1, -0.05) is 56.3 Å². The zero-order valence-electron chi connectivity index (χ0n) is 20.9. The number of hydrogen-bond acceptors (Lipinski definition) is 4. The van der Waals surface area contributed by atoms with Crippen molar-refractivity contribution in [3.05, 3.63) is 89.5 Å². The molecular formula is C29H26F5NO3. The molecule has 1 aliphatic heterocycles. The molecule has 9 heteroatoms. The first-order valence-corrected chi connectivity index (χ1v) is 12.1. The second-order valence-corrected chi connectivity index (χ2v) is 9.51. The van der Waals surface area contributed by atoms with Crippen LogP contribution in [0.25, 0.3) is 11.1 Å². The van der Waals surface area contributed by atoms with Gasteiger partial charge in [0.1, 0.15) is 23.5 Å². The molecule has 0 radical (unpaired) electrons. The van der Waals surface area contributed by atoms with Crippen LogP contribution in [-0.4, -0.2) is 24.1 Å². The highest BCUT2D eigenvalue weighted by atomic mass is 19.4. The lowest BCUT2D eigenvalue weighted by Crippen LogP contribution is -2.28. The largest absolute Gasteiger partial charge is 0.573 e. The molecule has 1 heterocycles. The summed E-state index contributed by atoms with van der Waals surface area (Å²) in [5.41, 5.74) is 1.88. The Hall–Kier alpha value is -3.75. The van der Waals surface area contributed by atoms with Crippen LogP contribution in [0.3, 0.4) is 0 Å². The Kier molecular flexibility index (Phi) is 7.85. The van der Waals surface area contributed by atoms with E-state index in [1.807, 2.05) is 13.8 Å². The minimum Gasteiger partial charge on any atom is -0.462 e. The first kappa shape index (κ1) is 27.3. The summed E-state index contributed by atoms with van der Waals surface area (Å²) in [6.07, 6.45) is -5.13. The molecule has 0 amide bonds. The standard InChI is InChI=1S/C29H26F5NO3/c1-16(2)17(3)37-28(36)22-15-25(26-23(30)5-4-6-24(26)31)35-27(22)20-9-7-18(8-10-20)19-11-13-21(14-12-19)38-29(32,33)34/h4-14,16-17,22,27H,15H2,1-3H3/t17-,22-,27?/m0/s1. The third-order valence-electron chi connectivity index (χ3n) is 6.56. The Morgan fingerprint density at radius 1 is 0.895 bits per heavy atom. The van der Waals surface area contributed by atoms with Gasteiger partial charge < -0.3 is 9.47 Å². The molecule has 3 atom stereocenters. The lowest BCUT2D eigenvalue weighted by Gasteiger charge is -2.22. The first-order valence-electron chi connectivity index (χ1n) is 12.1. The van der Waals surface area contributed by atoms with Crippen molar-refractivity contribution >= 4 is 11.7 Å². The van der Waals surface area contributed by atoms with E-state index in [1.165, 1.54) is 30.3 Å². The Labute approximate surface area is 217 Å².